The topological polar surface area (TPSA) is 125 Å². The molecule has 4 N–H and O–H groups in total. The van der Waals surface area contributed by atoms with E-state index in [1.165, 1.54) is 6.07 Å². The van der Waals surface area contributed by atoms with Crippen LogP contribution in [0.4, 0.5) is 14.9 Å². The second kappa shape index (κ2) is 10.4. The van der Waals surface area contributed by atoms with Crippen LogP contribution in [0.3, 0.4) is 0 Å². The van der Waals surface area contributed by atoms with Gasteiger partial charge in [0.15, 0.2) is 0 Å². The molecular weight excluding hydrogens is 455 g/mol. The standard InChI is InChI=1S/C26H23FN2O6/c27-15-9-10-23(21(11-15)25(33)28-13-16(30)12-24(31)32)29-26(34)35-14-22-19-7-3-1-5-17(19)18-6-2-4-8-20(18)22/h1-11,16,22,30H,12-14H2,(H,28,33)(H,29,34)(H,31,32). The number of carbonyl (C=O) groups is 3. The van der Waals surface area contributed by atoms with Crippen molar-refractivity contribution in [2.24, 2.45) is 0 Å². The van der Waals surface area contributed by atoms with Gasteiger partial charge in [0.1, 0.15) is 12.4 Å². The predicted molar refractivity (Wildman–Crippen MR) is 126 cm³/mol. The van der Waals surface area contributed by atoms with E-state index in [1.54, 1.807) is 0 Å². The lowest BCUT2D eigenvalue weighted by Gasteiger charge is -2.16. The van der Waals surface area contributed by atoms with E-state index in [9.17, 15) is 23.9 Å². The first-order chi connectivity index (χ1) is 16.8. The molecule has 0 aliphatic heterocycles. The zero-order chi connectivity index (χ0) is 24.9. The Balaban J connectivity index is 1.43. The molecule has 0 saturated heterocycles. The molecule has 4 rings (SSSR count). The lowest BCUT2D eigenvalue weighted by molar-refractivity contribution is -0.139. The number of hydrogen-bond donors (Lipinski definition) is 4. The van der Waals surface area contributed by atoms with Crippen molar-refractivity contribution in [1.29, 1.82) is 0 Å². The van der Waals surface area contributed by atoms with Crippen molar-refractivity contribution in [3.8, 4) is 11.1 Å². The summed E-state index contributed by atoms with van der Waals surface area (Å²) in [5.74, 6) is -2.88. The molecule has 1 aliphatic carbocycles. The van der Waals surface area contributed by atoms with Crippen LogP contribution in [0.25, 0.3) is 11.1 Å². The number of aliphatic carboxylic acids is 1. The fraction of sp³-hybridized carbons (Fsp3) is 0.192. The molecule has 1 atom stereocenters. The van der Waals surface area contributed by atoms with Gasteiger partial charge in [0, 0.05) is 12.5 Å². The van der Waals surface area contributed by atoms with Crippen molar-refractivity contribution in [3.05, 3.63) is 89.2 Å². The van der Waals surface area contributed by atoms with Crippen LogP contribution < -0.4 is 10.6 Å². The quantitative estimate of drug-likeness (QED) is 0.391. The lowest BCUT2D eigenvalue weighted by Crippen LogP contribution is -2.34. The van der Waals surface area contributed by atoms with Crippen molar-refractivity contribution in [2.45, 2.75) is 18.4 Å². The third-order valence-corrected chi connectivity index (χ3v) is 5.72. The number of aliphatic hydroxyl groups excluding tert-OH is 1. The number of carbonyl (C=O) groups excluding carboxylic acids is 2. The number of amides is 2. The maximum absolute atomic E-state index is 13.8. The number of benzene rings is 3. The number of nitrogens with one attached hydrogen (secondary N) is 2. The fourth-order valence-corrected chi connectivity index (χ4v) is 4.14. The van der Waals surface area contributed by atoms with E-state index in [-0.39, 0.29) is 30.3 Å². The van der Waals surface area contributed by atoms with E-state index in [0.717, 1.165) is 34.4 Å². The van der Waals surface area contributed by atoms with E-state index in [0.29, 0.717) is 0 Å². The summed E-state index contributed by atoms with van der Waals surface area (Å²) in [5.41, 5.74) is 4.07. The third kappa shape index (κ3) is 5.47. The molecule has 0 radical (unpaired) electrons. The van der Waals surface area contributed by atoms with E-state index < -0.39 is 36.3 Å². The Kier molecular flexibility index (Phi) is 7.07. The molecule has 3 aromatic rings. The molecule has 180 valence electrons. The first kappa shape index (κ1) is 23.9. The summed E-state index contributed by atoms with van der Waals surface area (Å²) in [6.45, 7) is -0.296. The van der Waals surface area contributed by atoms with Gasteiger partial charge in [0.25, 0.3) is 5.91 Å². The van der Waals surface area contributed by atoms with Crippen LogP contribution in [0.5, 0.6) is 0 Å². The smallest absolute Gasteiger partial charge is 0.411 e. The molecular formula is C26H23FN2O6. The average Bonchev–Trinajstić information content (AvgIpc) is 3.15. The Morgan fingerprint density at radius 3 is 2.23 bits per heavy atom. The minimum atomic E-state index is -1.32. The van der Waals surface area contributed by atoms with Crippen LogP contribution in [-0.4, -0.2) is 47.4 Å². The molecule has 9 heteroatoms. The van der Waals surface area contributed by atoms with Crippen molar-refractivity contribution >= 4 is 23.7 Å². The average molecular weight is 478 g/mol. The monoisotopic (exact) mass is 478 g/mol. The maximum Gasteiger partial charge on any atom is 0.411 e. The SMILES string of the molecule is O=C(O)CC(O)CNC(=O)c1cc(F)ccc1NC(=O)OCC1c2ccccc2-c2ccccc21. The van der Waals surface area contributed by atoms with E-state index in [4.69, 9.17) is 9.84 Å². The summed E-state index contributed by atoms with van der Waals surface area (Å²) in [6.07, 6.45) is -2.70. The minimum absolute atomic E-state index is 0.00819. The van der Waals surface area contributed by atoms with Gasteiger partial charge in [0.2, 0.25) is 0 Å². The summed E-state index contributed by atoms with van der Waals surface area (Å²) in [5, 5.41) is 23.1. The Morgan fingerprint density at radius 1 is 0.971 bits per heavy atom. The van der Waals surface area contributed by atoms with Gasteiger partial charge in [-0.1, -0.05) is 48.5 Å². The zero-order valence-electron chi connectivity index (χ0n) is 18.5. The summed E-state index contributed by atoms with van der Waals surface area (Å²) < 4.78 is 19.3. The zero-order valence-corrected chi connectivity index (χ0v) is 18.5. The van der Waals surface area contributed by atoms with Crippen LogP contribution in [0.15, 0.2) is 66.7 Å². The maximum atomic E-state index is 13.8. The summed E-state index contributed by atoms with van der Waals surface area (Å²) in [7, 11) is 0. The molecule has 0 spiro atoms. The molecule has 1 unspecified atom stereocenters. The van der Waals surface area contributed by atoms with Crippen LogP contribution in [-0.2, 0) is 9.53 Å². The first-order valence-corrected chi connectivity index (χ1v) is 10.9. The minimum Gasteiger partial charge on any atom is -0.481 e. The van der Waals surface area contributed by atoms with E-state index >= 15 is 0 Å². The molecule has 2 amide bonds. The number of rotatable bonds is 8. The van der Waals surface area contributed by atoms with E-state index in [1.807, 2.05) is 48.5 Å². The van der Waals surface area contributed by atoms with Gasteiger partial charge >= 0.3 is 12.1 Å². The number of fused-ring (bicyclic) bond motifs is 3. The van der Waals surface area contributed by atoms with Crippen LogP contribution >= 0.6 is 0 Å². The molecule has 0 bridgehead atoms. The van der Waals surface area contributed by atoms with Crippen molar-refractivity contribution < 1.29 is 33.7 Å². The highest BCUT2D eigenvalue weighted by atomic mass is 19.1. The van der Waals surface area contributed by atoms with E-state index in [2.05, 4.69) is 10.6 Å². The third-order valence-electron chi connectivity index (χ3n) is 5.72. The summed E-state index contributed by atoms with van der Waals surface area (Å²) in [4.78, 5) is 35.7. The molecule has 1 aliphatic rings. The Bertz CT molecular complexity index is 1230. The fourth-order valence-electron chi connectivity index (χ4n) is 4.14. The number of carboxylic acid groups (broad SMARTS) is 1. The number of anilines is 1. The lowest BCUT2D eigenvalue weighted by atomic mass is 9.98. The van der Waals surface area contributed by atoms with Gasteiger partial charge in [-0.05, 0) is 40.5 Å². The van der Waals surface area contributed by atoms with Crippen molar-refractivity contribution in [3.63, 3.8) is 0 Å². The van der Waals surface area contributed by atoms with Gasteiger partial charge < -0.3 is 20.3 Å². The predicted octanol–water partition coefficient (Wildman–Crippen LogP) is 3.75. The van der Waals surface area contributed by atoms with Crippen LogP contribution in [0.1, 0.15) is 33.8 Å². The number of hydrogen-bond acceptors (Lipinski definition) is 5. The second-order valence-corrected chi connectivity index (χ2v) is 8.10. The number of ether oxygens (including phenoxy) is 1. The van der Waals surface area contributed by atoms with Gasteiger partial charge in [-0.3, -0.25) is 14.9 Å². The van der Waals surface area contributed by atoms with Gasteiger partial charge in [-0.2, -0.15) is 0 Å². The van der Waals surface area contributed by atoms with Gasteiger partial charge in [0.05, 0.1) is 23.8 Å². The highest BCUT2D eigenvalue weighted by Crippen LogP contribution is 2.44. The Labute approximate surface area is 200 Å². The van der Waals surface area contributed by atoms with Crippen LogP contribution in [0, 0.1) is 5.82 Å². The molecule has 0 heterocycles. The first-order valence-electron chi connectivity index (χ1n) is 10.9. The molecule has 0 aromatic heterocycles. The highest BCUT2D eigenvalue weighted by molar-refractivity contribution is 6.02. The van der Waals surface area contributed by atoms with Gasteiger partial charge in [-0.25, -0.2) is 9.18 Å². The summed E-state index contributed by atoms with van der Waals surface area (Å²) >= 11 is 0. The largest absolute Gasteiger partial charge is 0.481 e. The molecule has 35 heavy (non-hydrogen) atoms. The normalized spacial score (nSPS) is 12.9. The molecule has 3 aromatic carbocycles. The van der Waals surface area contributed by atoms with Crippen molar-refractivity contribution in [2.75, 3.05) is 18.5 Å². The number of halogens is 1. The number of carboxylic acids is 1. The summed E-state index contributed by atoms with van der Waals surface area (Å²) in [6, 6.07) is 19.0. The van der Waals surface area contributed by atoms with Gasteiger partial charge in [-0.15, -0.1) is 0 Å². The molecule has 0 fully saturated rings. The highest BCUT2D eigenvalue weighted by Gasteiger charge is 2.29. The van der Waals surface area contributed by atoms with Crippen molar-refractivity contribution in [1.82, 2.24) is 5.32 Å². The van der Waals surface area contributed by atoms with Crippen LogP contribution in [0.2, 0.25) is 0 Å². The second-order valence-electron chi connectivity index (χ2n) is 8.10. The molecule has 0 saturated carbocycles. The molecule has 8 nitrogen and oxygen atoms in total. The number of aliphatic hydroxyl groups is 1. The Morgan fingerprint density at radius 2 is 1.60 bits per heavy atom. The Hall–Kier alpha value is -4.24.